The van der Waals surface area contributed by atoms with Crippen molar-refractivity contribution in [2.24, 2.45) is 0 Å². The maximum atomic E-state index is 6.14. The smallest absolute Gasteiger partial charge is 0.213 e. The lowest BCUT2D eigenvalue weighted by Gasteiger charge is -2.41. The first kappa shape index (κ1) is 12.0. The summed E-state index contributed by atoms with van der Waals surface area (Å²) in [6.07, 6.45) is 3.48. The van der Waals surface area contributed by atoms with E-state index in [2.05, 4.69) is 11.4 Å². The number of rotatable bonds is 1. The zero-order valence-electron chi connectivity index (χ0n) is 11.2. The van der Waals surface area contributed by atoms with Crippen molar-refractivity contribution in [2.75, 3.05) is 13.1 Å². The molecule has 20 heavy (non-hydrogen) atoms. The summed E-state index contributed by atoms with van der Waals surface area (Å²) in [7, 11) is 0. The highest BCUT2D eigenvalue weighted by molar-refractivity contribution is 5.60. The topological polar surface area (TPSA) is 43.6 Å². The third-order valence-corrected chi connectivity index (χ3v) is 4.02. The van der Waals surface area contributed by atoms with Gasteiger partial charge < -0.3 is 19.2 Å². The summed E-state index contributed by atoms with van der Waals surface area (Å²) in [6, 6.07) is 10.0. The second kappa shape index (κ2) is 4.65. The van der Waals surface area contributed by atoms with E-state index >= 15 is 0 Å². The fraction of sp³-hybridized carbons (Fsp3) is 0.375. The molecule has 0 unspecified atom stereocenters. The van der Waals surface area contributed by atoms with Crippen LogP contribution in [0.3, 0.4) is 0 Å². The van der Waals surface area contributed by atoms with Gasteiger partial charge >= 0.3 is 0 Å². The molecule has 0 atom stereocenters. The summed E-state index contributed by atoms with van der Waals surface area (Å²) in [5.41, 5.74) is 2.14. The Labute approximate surface area is 117 Å². The SMILES string of the molecule is c1coc(-c2ccc3c(c2)COC2(CCNCC2)O3)c1. The number of hydrogen-bond acceptors (Lipinski definition) is 4. The summed E-state index contributed by atoms with van der Waals surface area (Å²) < 4.78 is 17.6. The Balaban J connectivity index is 1.63. The van der Waals surface area contributed by atoms with E-state index in [-0.39, 0.29) is 0 Å². The Hall–Kier alpha value is -1.78. The summed E-state index contributed by atoms with van der Waals surface area (Å²) in [4.78, 5) is 0. The molecule has 2 aliphatic heterocycles. The highest BCUT2D eigenvalue weighted by Crippen LogP contribution is 2.38. The molecule has 4 nitrogen and oxygen atoms in total. The van der Waals surface area contributed by atoms with Crippen LogP contribution in [-0.2, 0) is 11.3 Å². The lowest BCUT2D eigenvalue weighted by Crippen LogP contribution is -2.49. The van der Waals surface area contributed by atoms with Crippen LogP contribution in [0.1, 0.15) is 18.4 Å². The van der Waals surface area contributed by atoms with Crippen LogP contribution >= 0.6 is 0 Å². The van der Waals surface area contributed by atoms with Crippen LogP contribution in [0, 0.1) is 0 Å². The van der Waals surface area contributed by atoms with Crippen molar-refractivity contribution in [1.29, 1.82) is 0 Å². The van der Waals surface area contributed by atoms with Gasteiger partial charge in [-0.05, 0) is 30.3 Å². The van der Waals surface area contributed by atoms with Crippen molar-refractivity contribution < 1.29 is 13.9 Å². The van der Waals surface area contributed by atoms with Crippen LogP contribution < -0.4 is 10.1 Å². The zero-order valence-corrected chi connectivity index (χ0v) is 11.2. The van der Waals surface area contributed by atoms with Crippen molar-refractivity contribution in [2.45, 2.75) is 25.2 Å². The minimum atomic E-state index is -0.426. The molecule has 0 saturated carbocycles. The molecule has 2 aliphatic rings. The zero-order chi connectivity index (χ0) is 13.4. The third-order valence-electron chi connectivity index (χ3n) is 4.02. The van der Waals surface area contributed by atoms with Gasteiger partial charge in [0.25, 0.3) is 0 Å². The Kier molecular flexibility index (Phi) is 2.79. The molecule has 1 aromatic heterocycles. The van der Waals surface area contributed by atoms with Gasteiger partial charge in [-0.15, -0.1) is 0 Å². The number of benzene rings is 1. The summed E-state index contributed by atoms with van der Waals surface area (Å²) in [6.45, 7) is 2.49. The third kappa shape index (κ3) is 2.01. The summed E-state index contributed by atoms with van der Waals surface area (Å²) >= 11 is 0. The van der Waals surface area contributed by atoms with Gasteiger partial charge in [0.15, 0.2) is 0 Å². The average Bonchev–Trinajstić information content (AvgIpc) is 3.02. The summed E-state index contributed by atoms with van der Waals surface area (Å²) in [5.74, 6) is 1.38. The first-order valence-electron chi connectivity index (χ1n) is 7.05. The predicted molar refractivity (Wildman–Crippen MR) is 74.4 cm³/mol. The first-order chi connectivity index (χ1) is 9.85. The number of furan rings is 1. The maximum absolute atomic E-state index is 6.14. The molecule has 0 bridgehead atoms. The molecular formula is C16H17NO3. The Morgan fingerprint density at radius 1 is 1.10 bits per heavy atom. The monoisotopic (exact) mass is 271 g/mol. The van der Waals surface area contributed by atoms with Crippen LogP contribution in [0.5, 0.6) is 5.75 Å². The van der Waals surface area contributed by atoms with Crippen LogP contribution in [0.15, 0.2) is 41.0 Å². The Bertz CT molecular complexity index is 600. The summed E-state index contributed by atoms with van der Waals surface area (Å²) in [5, 5.41) is 3.34. The molecule has 1 aromatic carbocycles. The lowest BCUT2D eigenvalue weighted by atomic mass is 10.0. The Morgan fingerprint density at radius 3 is 2.80 bits per heavy atom. The van der Waals surface area contributed by atoms with Crippen molar-refractivity contribution in [3.63, 3.8) is 0 Å². The molecule has 0 radical (unpaired) electrons. The van der Waals surface area contributed by atoms with Gasteiger partial charge in [0.1, 0.15) is 11.5 Å². The minimum absolute atomic E-state index is 0.426. The van der Waals surface area contributed by atoms with Crippen LogP contribution in [0.4, 0.5) is 0 Å². The molecule has 4 rings (SSSR count). The highest BCUT2D eigenvalue weighted by Gasteiger charge is 2.38. The number of nitrogens with one attached hydrogen (secondary N) is 1. The molecule has 0 amide bonds. The number of piperidine rings is 1. The molecule has 0 aliphatic carbocycles. The van der Waals surface area contributed by atoms with Crippen molar-refractivity contribution in [1.82, 2.24) is 5.32 Å². The van der Waals surface area contributed by atoms with E-state index in [0.29, 0.717) is 6.61 Å². The molecular weight excluding hydrogens is 254 g/mol. The number of fused-ring (bicyclic) bond motifs is 1. The quantitative estimate of drug-likeness (QED) is 0.866. The van der Waals surface area contributed by atoms with Crippen molar-refractivity contribution in [3.05, 3.63) is 42.2 Å². The molecule has 104 valence electrons. The molecule has 1 saturated heterocycles. The van der Waals surface area contributed by atoms with Crippen LogP contribution in [0.2, 0.25) is 0 Å². The van der Waals surface area contributed by atoms with Gasteiger partial charge in [-0.3, -0.25) is 0 Å². The predicted octanol–water partition coefficient (Wildman–Crippen LogP) is 2.94. The fourth-order valence-electron chi connectivity index (χ4n) is 2.88. The first-order valence-corrected chi connectivity index (χ1v) is 7.05. The van der Waals surface area contributed by atoms with Gasteiger partial charge in [0.05, 0.1) is 12.9 Å². The highest BCUT2D eigenvalue weighted by atomic mass is 16.7. The largest absolute Gasteiger partial charge is 0.464 e. The van der Waals surface area contributed by atoms with E-state index in [0.717, 1.165) is 48.6 Å². The van der Waals surface area contributed by atoms with Gasteiger partial charge in [0.2, 0.25) is 5.79 Å². The molecule has 2 aromatic rings. The normalized spacial score (nSPS) is 20.4. The standard InChI is InChI=1S/C16H17NO3/c1-2-14(18-9-1)12-3-4-15-13(10-12)11-19-16(20-15)5-7-17-8-6-16/h1-4,9-10,17H,5-8,11H2. The second-order valence-electron chi connectivity index (χ2n) is 5.35. The van der Waals surface area contributed by atoms with Gasteiger partial charge in [0, 0.05) is 37.1 Å². The average molecular weight is 271 g/mol. The van der Waals surface area contributed by atoms with Gasteiger partial charge in [-0.25, -0.2) is 0 Å². The van der Waals surface area contributed by atoms with E-state index in [1.807, 2.05) is 24.3 Å². The number of hydrogen-bond donors (Lipinski definition) is 1. The van der Waals surface area contributed by atoms with E-state index in [9.17, 15) is 0 Å². The molecule has 1 fully saturated rings. The van der Waals surface area contributed by atoms with Crippen molar-refractivity contribution >= 4 is 0 Å². The minimum Gasteiger partial charge on any atom is -0.464 e. The molecule has 3 heterocycles. The molecule has 1 N–H and O–H groups in total. The lowest BCUT2D eigenvalue weighted by molar-refractivity contribution is -0.218. The van der Waals surface area contributed by atoms with Crippen LogP contribution in [0.25, 0.3) is 11.3 Å². The van der Waals surface area contributed by atoms with Gasteiger partial charge in [-0.1, -0.05) is 0 Å². The van der Waals surface area contributed by atoms with Crippen molar-refractivity contribution in [3.8, 4) is 17.1 Å². The number of ether oxygens (including phenoxy) is 2. The van der Waals surface area contributed by atoms with E-state index in [1.165, 1.54) is 0 Å². The van der Waals surface area contributed by atoms with Gasteiger partial charge in [-0.2, -0.15) is 0 Å². The molecule has 1 spiro atoms. The molecule has 4 heteroatoms. The second-order valence-corrected chi connectivity index (χ2v) is 5.35. The van der Waals surface area contributed by atoms with E-state index in [4.69, 9.17) is 13.9 Å². The van der Waals surface area contributed by atoms with E-state index in [1.54, 1.807) is 6.26 Å². The fourth-order valence-corrected chi connectivity index (χ4v) is 2.88. The van der Waals surface area contributed by atoms with E-state index < -0.39 is 5.79 Å². The maximum Gasteiger partial charge on any atom is 0.213 e. The Morgan fingerprint density at radius 2 is 2.00 bits per heavy atom. The van der Waals surface area contributed by atoms with Crippen LogP contribution in [-0.4, -0.2) is 18.9 Å².